The molecule has 0 amide bonds. The van der Waals surface area contributed by atoms with E-state index in [0.29, 0.717) is 0 Å². The molecule has 0 radical (unpaired) electrons. The second kappa shape index (κ2) is 3.25. The molecule has 1 rings (SSSR count). The normalized spacial score (nSPS) is 25.0. The number of carbonyl (C=O) groups is 1. The standard InChI is InChI=1S/C7H11NO2/c9-7(10)6-4-2-1-3-5-8-6/h3,5-6,8H,1-2,4H2,(H,9,10). The molecule has 56 valence electrons. The molecule has 2 N–H and O–H groups in total. The van der Waals surface area contributed by atoms with Crippen LogP contribution in [0.2, 0.25) is 0 Å². The van der Waals surface area contributed by atoms with E-state index in [0.717, 1.165) is 19.3 Å². The van der Waals surface area contributed by atoms with Gasteiger partial charge in [0.15, 0.2) is 0 Å². The van der Waals surface area contributed by atoms with Crippen molar-refractivity contribution in [1.29, 1.82) is 0 Å². The minimum atomic E-state index is -0.758. The zero-order valence-electron chi connectivity index (χ0n) is 5.71. The summed E-state index contributed by atoms with van der Waals surface area (Å²) in [6.07, 6.45) is 6.36. The van der Waals surface area contributed by atoms with Crippen molar-refractivity contribution in [2.24, 2.45) is 0 Å². The Kier molecular flexibility index (Phi) is 2.31. The molecule has 10 heavy (non-hydrogen) atoms. The summed E-state index contributed by atoms with van der Waals surface area (Å²) in [5.41, 5.74) is 0. The van der Waals surface area contributed by atoms with Gasteiger partial charge in [0.05, 0.1) is 0 Å². The van der Waals surface area contributed by atoms with E-state index in [4.69, 9.17) is 5.11 Å². The number of carboxylic acids is 1. The van der Waals surface area contributed by atoms with E-state index in [1.807, 2.05) is 6.08 Å². The van der Waals surface area contributed by atoms with Crippen LogP contribution in [0.4, 0.5) is 0 Å². The van der Waals surface area contributed by atoms with Gasteiger partial charge in [0.2, 0.25) is 0 Å². The average Bonchev–Trinajstić information content (AvgIpc) is 2.12. The Bertz CT molecular complexity index is 154. The SMILES string of the molecule is O=C(O)C1CCCC=CN1. The number of hydrogen-bond donors (Lipinski definition) is 2. The van der Waals surface area contributed by atoms with Crippen LogP contribution in [0.15, 0.2) is 12.3 Å². The summed E-state index contributed by atoms with van der Waals surface area (Å²) in [7, 11) is 0. The molecular formula is C7H11NO2. The van der Waals surface area contributed by atoms with Crippen LogP contribution in [0.1, 0.15) is 19.3 Å². The number of hydrogen-bond acceptors (Lipinski definition) is 2. The maximum Gasteiger partial charge on any atom is 0.326 e. The lowest BCUT2D eigenvalue weighted by Crippen LogP contribution is -2.32. The van der Waals surface area contributed by atoms with Gasteiger partial charge < -0.3 is 10.4 Å². The van der Waals surface area contributed by atoms with Crippen LogP contribution < -0.4 is 5.32 Å². The predicted molar refractivity (Wildman–Crippen MR) is 37.6 cm³/mol. The molecule has 0 bridgehead atoms. The van der Waals surface area contributed by atoms with Crippen LogP contribution in [0, 0.1) is 0 Å². The van der Waals surface area contributed by atoms with Crippen molar-refractivity contribution in [3.05, 3.63) is 12.3 Å². The minimum absolute atomic E-state index is 0.376. The van der Waals surface area contributed by atoms with Crippen molar-refractivity contribution in [2.45, 2.75) is 25.3 Å². The highest BCUT2D eigenvalue weighted by atomic mass is 16.4. The molecule has 0 aromatic rings. The molecule has 1 aliphatic rings. The van der Waals surface area contributed by atoms with Gasteiger partial charge >= 0.3 is 5.97 Å². The van der Waals surface area contributed by atoms with Gasteiger partial charge in [0.25, 0.3) is 0 Å². The fourth-order valence-electron chi connectivity index (χ4n) is 0.985. The monoisotopic (exact) mass is 141 g/mol. The fourth-order valence-corrected chi connectivity index (χ4v) is 0.985. The lowest BCUT2D eigenvalue weighted by atomic mass is 10.1. The summed E-state index contributed by atoms with van der Waals surface area (Å²) in [6, 6.07) is -0.376. The third-order valence-electron chi connectivity index (χ3n) is 1.58. The Hall–Kier alpha value is -0.990. The Morgan fingerprint density at radius 2 is 2.50 bits per heavy atom. The van der Waals surface area contributed by atoms with Crippen molar-refractivity contribution in [3.63, 3.8) is 0 Å². The molecular weight excluding hydrogens is 130 g/mol. The topological polar surface area (TPSA) is 49.3 Å². The van der Waals surface area contributed by atoms with E-state index in [9.17, 15) is 4.79 Å². The van der Waals surface area contributed by atoms with E-state index in [1.165, 1.54) is 0 Å². The maximum atomic E-state index is 10.4. The first kappa shape index (κ1) is 7.12. The van der Waals surface area contributed by atoms with Crippen molar-refractivity contribution in [1.82, 2.24) is 5.32 Å². The Morgan fingerprint density at radius 3 is 3.20 bits per heavy atom. The molecule has 0 spiro atoms. The molecule has 3 heteroatoms. The van der Waals surface area contributed by atoms with Crippen LogP contribution in [-0.2, 0) is 4.79 Å². The molecule has 0 aromatic carbocycles. The Morgan fingerprint density at radius 1 is 1.70 bits per heavy atom. The van der Waals surface area contributed by atoms with Gasteiger partial charge in [-0.15, -0.1) is 0 Å². The van der Waals surface area contributed by atoms with E-state index in [1.54, 1.807) is 6.20 Å². The number of allylic oxidation sites excluding steroid dienone is 1. The summed E-state index contributed by atoms with van der Waals surface area (Å²) >= 11 is 0. The van der Waals surface area contributed by atoms with Crippen molar-refractivity contribution >= 4 is 5.97 Å². The van der Waals surface area contributed by atoms with Gasteiger partial charge in [-0.05, 0) is 25.5 Å². The molecule has 0 aliphatic carbocycles. The number of aliphatic carboxylic acids is 1. The van der Waals surface area contributed by atoms with E-state index in [-0.39, 0.29) is 6.04 Å². The molecule has 1 aliphatic heterocycles. The third kappa shape index (κ3) is 1.76. The maximum absolute atomic E-state index is 10.4. The van der Waals surface area contributed by atoms with Crippen LogP contribution in [0.5, 0.6) is 0 Å². The molecule has 0 saturated heterocycles. The second-order valence-corrected chi connectivity index (χ2v) is 2.39. The highest BCUT2D eigenvalue weighted by molar-refractivity contribution is 5.73. The zero-order valence-corrected chi connectivity index (χ0v) is 5.71. The molecule has 0 fully saturated rings. The molecule has 1 heterocycles. The summed E-state index contributed by atoms with van der Waals surface area (Å²) in [6.45, 7) is 0. The number of nitrogens with one attached hydrogen (secondary N) is 1. The summed E-state index contributed by atoms with van der Waals surface area (Å²) < 4.78 is 0. The third-order valence-corrected chi connectivity index (χ3v) is 1.58. The molecule has 0 aromatic heterocycles. The van der Waals surface area contributed by atoms with Crippen molar-refractivity contribution in [3.8, 4) is 0 Å². The first-order valence-corrected chi connectivity index (χ1v) is 3.44. The zero-order chi connectivity index (χ0) is 7.40. The van der Waals surface area contributed by atoms with E-state index >= 15 is 0 Å². The number of carboxylic acid groups (broad SMARTS) is 1. The van der Waals surface area contributed by atoms with E-state index in [2.05, 4.69) is 5.32 Å². The minimum Gasteiger partial charge on any atom is -0.480 e. The van der Waals surface area contributed by atoms with Gasteiger partial charge in [-0.3, -0.25) is 0 Å². The molecule has 1 unspecified atom stereocenters. The summed E-state index contributed by atoms with van der Waals surface area (Å²) in [4.78, 5) is 10.4. The van der Waals surface area contributed by atoms with E-state index < -0.39 is 5.97 Å². The molecule has 3 nitrogen and oxygen atoms in total. The predicted octanol–water partition coefficient (Wildman–Crippen LogP) is 0.727. The lowest BCUT2D eigenvalue weighted by Gasteiger charge is -2.08. The summed E-state index contributed by atoms with van der Waals surface area (Å²) in [5, 5.41) is 11.4. The fraction of sp³-hybridized carbons (Fsp3) is 0.571. The van der Waals surface area contributed by atoms with Gasteiger partial charge in [-0.25, -0.2) is 4.79 Å². The van der Waals surface area contributed by atoms with Crippen molar-refractivity contribution in [2.75, 3.05) is 0 Å². The van der Waals surface area contributed by atoms with Crippen LogP contribution >= 0.6 is 0 Å². The molecule has 1 atom stereocenters. The smallest absolute Gasteiger partial charge is 0.326 e. The van der Waals surface area contributed by atoms with Gasteiger partial charge in [0.1, 0.15) is 6.04 Å². The highest BCUT2D eigenvalue weighted by Gasteiger charge is 2.15. The Balaban J connectivity index is 2.45. The van der Waals surface area contributed by atoms with Gasteiger partial charge in [-0.2, -0.15) is 0 Å². The average molecular weight is 141 g/mol. The lowest BCUT2D eigenvalue weighted by molar-refractivity contribution is -0.139. The van der Waals surface area contributed by atoms with Crippen LogP contribution in [0.25, 0.3) is 0 Å². The largest absolute Gasteiger partial charge is 0.480 e. The first-order valence-electron chi connectivity index (χ1n) is 3.44. The first-order chi connectivity index (χ1) is 4.80. The van der Waals surface area contributed by atoms with Crippen LogP contribution in [0.3, 0.4) is 0 Å². The molecule has 0 saturated carbocycles. The van der Waals surface area contributed by atoms with Gasteiger partial charge in [-0.1, -0.05) is 6.08 Å². The number of rotatable bonds is 1. The van der Waals surface area contributed by atoms with Crippen molar-refractivity contribution < 1.29 is 9.90 Å². The van der Waals surface area contributed by atoms with Crippen LogP contribution in [-0.4, -0.2) is 17.1 Å². The van der Waals surface area contributed by atoms with Gasteiger partial charge in [0, 0.05) is 0 Å². The highest BCUT2D eigenvalue weighted by Crippen LogP contribution is 2.05. The quantitative estimate of drug-likeness (QED) is 0.566. The second-order valence-electron chi connectivity index (χ2n) is 2.39. The summed E-state index contributed by atoms with van der Waals surface area (Å²) in [5.74, 6) is -0.758. The Labute approximate surface area is 59.7 Å².